The molecule has 0 fully saturated rings. The van der Waals surface area contributed by atoms with E-state index in [0.717, 1.165) is 0 Å². The number of para-hydroxylation sites is 1. The third-order valence-corrected chi connectivity index (χ3v) is 5.39. The van der Waals surface area contributed by atoms with E-state index in [9.17, 15) is 14.4 Å². The maximum atomic E-state index is 13.3. The van der Waals surface area contributed by atoms with E-state index in [1.165, 1.54) is 10.5 Å². The van der Waals surface area contributed by atoms with E-state index in [2.05, 4.69) is 9.98 Å². The summed E-state index contributed by atoms with van der Waals surface area (Å²) in [6, 6.07) is 15.8. The van der Waals surface area contributed by atoms with Crippen molar-refractivity contribution >= 4 is 28.6 Å². The van der Waals surface area contributed by atoms with E-state index in [1.54, 1.807) is 48.0 Å². The van der Waals surface area contributed by atoms with Crippen LogP contribution >= 0.6 is 0 Å². The third kappa shape index (κ3) is 5.35. The van der Waals surface area contributed by atoms with Gasteiger partial charge in [-0.2, -0.15) is 4.99 Å². The summed E-state index contributed by atoms with van der Waals surface area (Å²) in [5, 5.41) is 0.237. The van der Waals surface area contributed by atoms with Crippen molar-refractivity contribution in [2.24, 2.45) is 10.9 Å². The summed E-state index contributed by atoms with van der Waals surface area (Å²) in [5.41, 5.74) is 0.626. The Labute approximate surface area is 207 Å². The number of ether oxygens (including phenoxy) is 2. The lowest BCUT2D eigenvalue weighted by Crippen LogP contribution is -2.34. The maximum Gasteiger partial charge on any atom is 0.341 e. The van der Waals surface area contributed by atoms with Gasteiger partial charge in [-0.25, -0.2) is 9.78 Å². The number of benzene rings is 1. The van der Waals surface area contributed by atoms with Crippen molar-refractivity contribution in [1.82, 2.24) is 14.0 Å². The van der Waals surface area contributed by atoms with Crippen molar-refractivity contribution in [3.05, 3.63) is 82.2 Å². The molecule has 9 nitrogen and oxygen atoms in total. The molecule has 1 amide bonds. The Morgan fingerprint density at radius 3 is 2.56 bits per heavy atom. The number of aromatic nitrogens is 3. The molecule has 0 atom stereocenters. The fourth-order valence-electron chi connectivity index (χ4n) is 3.84. The molecule has 0 aliphatic carbocycles. The summed E-state index contributed by atoms with van der Waals surface area (Å²) in [4.78, 5) is 48.1. The highest BCUT2D eigenvalue weighted by Crippen LogP contribution is 2.13. The summed E-state index contributed by atoms with van der Waals surface area (Å²) in [5.74, 6) is -0.376. The van der Waals surface area contributed by atoms with Gasteiger partial charge in [0.1, 0.15) is 22.6 Å². The molecular weight excluding hydrogens is 460 g/mol. The molecule has 0 radical (unpaired) electrons. The number of hydrogen-bond donors (Lipinski definition) is 0. The van der Waals surface area contributed by atoms with E-state index in [0.29, 0.717) is 23.6 Å². The topological polar surface area (TPSA) is 104 Å². The molecule has 0 unspecified atom stereocenters. The highest BCUT2D eigenvalue weighted by molar-refractivity contribution is 5.93. The minimum atomic E-state index is -0.665. The first-order valence-electron chi connectivity index (χ1n) is 11.9. The van der Waals surface area contributed by atoms with E-state index < -0.39 is 11.9 Å². The first-order valence-corrected chi connectivity index (χ1v) is 11.9. The smallest absolute Gasteiger partial charge is 0.341 e. The van der Waals surface area contributed by atoms with Gasteiger partial charge in [0.15, 0.2) is 5.49 Å². The third-order valence-electron chi connectivity index (χ3n) is 5.39. The van der Waals surface area contributed by atoms with Crippen LogP contribution < -0.4 is 15.8 Å². The Hall–Kier alpha value is -4.27. The van der Waals surface area contributed by atoms with Crippen LogP contribution in [0.15, 0.2) is 70.6 Å². The first-order chi connectivity index (χ1) is 17.4. The van der Waals surface area contributed by atoms with Crippen molar-refractivity contribution in [2.75, 3.05) is 13.2 Å². The Morgan fingerprint density at radius 2 is 1.83 bits per heavy atom. The van der Waals surface area contributed by atoms with Gasteiger partial charge in [0, 0.05) is 12.7 Å². The number of rotatable bonds is 8. The van der Waals surface area contributed by atoms with Gasteiger partial charge >= 0.3 is 5.97 Å². The van der Waals surface area contributed by atoms with Gasteiger partial charge < -0.3 is 14.0 Å². The number of carbonyl (C=O) groups excluding carboxylic acids is 2. The average molecular weight is 489 g/mol. The van der Waals surface area contributed by atoms with Gasteiger partial charge in [0.25, 0.3) is 11.5 Å². The standard InChI is InChI=1S/C27H28N4O5/c1-4-35-27(34)21-16-20-24(28-22-12-8-9-14-30(22)26(20)33)31(17-18(2)3)25(21)29-23(32)13-15-36-19-10-6-5-7-11-19/h5-12,14,16,18H,4,13,15,17H2,1-3H3. The summed E-state index contributed by atoms with van der Waals surface area (Å²) in [6.45, 7) is 6.31. The minimum absolute atomic E-state index is 0.00464. The lowest BCUT2D eigenvalue weighted by atomic mass is 10.1. The average Bonchev–Trinajstić information content (AvgIpc) is 2.86. The predicted molar refractivity (Wildman–Crippen MR) is 135 cm³/mol. The van der Waals surface area contributed by atoms with E-state index in [4.69, 9.17) is 9.47 Å². The minimum Gasteiger partial charge on any atom is -0.493 e. The molecule has 0 saturated heterocycles. The number of hydrogen-bond acceptors (Lipinski definition) is 6. The van der Waals surface area contributed by atoms with Crippen LogP contribution in [0.2, 0.25) is 0 Å². The molecule has 0 N–H and O–H groups in total. The highest BCUT2D eigenvalue weighted by Gasteiger charge is 2.20. The van der Waals surface area contributed by atoms with Crippen LogP contribution in [0, 0.1) is 5.92 Å². The van der Waals surface area contributed by atoms with Crippen LogP contribution in [0.4, 0.5) is 0 Å². The molecule has 0 spiro atoms. The number of pyridine rings is 2. The SMILES string of the molecule is CCOC(=O)c1cc2c(=O)n3ccccc3nc2n(CC(C)C)c1=NC(=O)CCOc1ccccc1. The van der Waals surface area contributed by atoms with Crippen LogP contribution in [0.5, 0.6) is 5.75 Å². The second kappa shape index (κ2) is 11.0. The number of esters is 1. The van der Waals surface area contributed by atoms with Crippen molar-refractivity contribution in [1.29, 1.82) is 0 Å². The Balaban J connectivity index is 1.88. The quantitative estimate of drug-likeness (QED) is 0.278. The fourth-order valence-corrected chi connectivity index (χ4v) is 3.84. The van der Waals surface area contributed by atoms with Crippen LogP contribution in [0.25, 0.3) is 16.7 Å². The van der Waals surface area contributed by atoms with E-state index in [1.807, 2.05) is 32.0 Å². The maximum absolute atomic E-state index is 13.3. The Morgan fingerprint density at radius 1 is 1.08 bits per heavy atom. The van der Waals surface area contributed by atoms with Gasteiger partial charge in [-0.15, -0.1) is 0 Å². The van der Waals surface area contributed by atoms with Gasteiger partial charge in [-0.05, 0) is 43.2 Å². The largest absolute Gasteiger partial charge is 0.493 e. The summed E-state index contributed by atoms with van der Waals surface area (Å²) in [7, 11) is 0. The molecule has 3 heterocycles. The zero-order chi connectivity index (χ0) is 25.7. The van der Waals surface area contributed by atoms with Crippen LogP contribution in [-0.2, 0) is 16.1 Å². The Kier molecular flexibility index (Phi) is 7.58. The van der Waals surface area contributed by atoms with Crippen molar-refractivity contribution in [3.63, 3.8) is 0 Å². The molecule has 186 valence electrons. The van der Waals surface area contributed by atoms with Crippen molar-refractivity contribution in [2.45, 2.75) is 33.7 Å². The number of nitrogens with zero attached hydrogens (tertiary/aromatic N) is 4. The molecule has 9 heteroatoms. The molecule has 36 heavy (non-hydrogen) atoms. The van der Waals surface area contributed by atoms with Crippen LogP contribution in [0.1, 0.15) is 37.6 Å². The number of carbonyl (C=O) groups is 2. The summed E-state index contributed by atoms with van der Waals surface area (Å²) < 4.78 is 14.0. The highest BCUT2D eigenvalue weighted by atomic mass is 16.5. The monoisotopic (exact) mass is 488 g/mol. The normalized spacial score (nSPS) is 11.8. The van der Waals surface area contributed by atoms with Crippen molar-refractivity contribution in [3.8, 4) is 5.75 Å². The van der Waals surface area contributed by atoms with Crippen LogP contribution in [0.3, 0.4) is 0 Å². The summed E-state index contributed by atoms with van der Waals surface area (Å²) >= 11 is 0. The zero-order valence-corrected chi connectivity index (χ0v) is 20.5. The number of fused-ring (bicyclic) bond motifs is 2. The molecule has 0 bridgehead atoms. The number of amides is 1. The molecule has 4 aromatic rings. The lowest BCUT2D eigenvalue weighted by molar-refractivity contribution is -0.118. The molecule has 0 saturated carbocycles. The Bertz CT molecular complexity index is 1540. The molecular formula is C27H28N4O5. The lowest BCUT2D eigenvalue weighted by Gasteiger charge is -2.16. The van der Waals surface area contributed by atoms with Gasteiger partial charge in [-0.1, -0.05) is 38.1 Å². The molecule has 3 aromatic heterocycles. The van der Waals surface area contributed by atoms with Crippen LogP contribution in [-0.4, -0.2) is 39.0 Å². The van der Waals surface area contributed by atoms with E-state index >= 15 is 0 Å². The molecule has 1 aromatic carbocycles. The van der Waals surface area contributed by atoms with E-state index in [-0.39, 0.29) is 47.5 Å². The first kappa shape index (κ1) is 24.8. The summed E-state index contributed by atoms with van der Waals surface area (Å²) in [6.07, 6.45) is 1.63. The van der Waals surface area contributed by atoms with Gasteiger partial charge in [-0.3, -0.25) is 14.0 Å². The molecule has 0 aliphatic rings. The molecule has 0 aliphatic heterocycles. The van der Waals surface area contributed by atoms with Gasteiger partial charge in [0.05, 0.1) is 25.0 Å². The zero-order valence-electron chi connectivity index (χ0n) is 20.5. The fraction of sp³-hybridized carbons (Fsp3) is 0.296. The predicted octanol–water partition coefficient (Wildman–Crippen LogP) is 3.38. The van der Waals surface area contributed by atoms with Gasteiger partial charge in [0.2, 0.25) is 0 Å². The second-order valence-electron chi connectivity index (χ2n) is 8.61. The second-order valence-corrected chi connectivity index (χ2v) is 8.61. The van der Waals surface area contributed by atoms with Crippen molar-refractivity contribution < 1.29 is 19.1 Å². The molecule has 4 rings (SSSR count).